The van der Waals surface area contributed by atoms with Crippen molar-refractivity contribution in [3.63, 3.8) is 0 Å². The summed E-state index contributed by atoms with van der Waals surface area (Å²) in [7, 11) is 0. The number of carbonyl (C=O) groups excluding carboxylic acids is 1. The van der Waals surface area contributed by atoms with Crippen molar-refractivity contribution in [3.05, 3.63) is 59.4 Å². The van der Waals surface area contributed by atoms with Crippen molar-refractivity contribution < 1.29 is 18.3 Å². The molecule has 1 heterocycles. The quantitative estimate of drug-likeness (QED) is 0.535. The Morgan fingerprint density at radius 3 is 2.80 bits per heavy atom. The lowest BCUT2D eigenvalue weighted by Crippen LogP contribution is -2.28. The summed E-state index contributed by atoms with van der Waals surface area (Å²) in [5.74, 6) is -2.10. The Labute approximate surface area is 118 Å². The van der Waals surface area contributed by atoms with Crippen molar-refractivity contribution in [2.45, 2.75) is 5.03 Å². The Balaban J connectivity index is 1.94. The molecule has 1 N–H and O–H groups in total. The summed E-state index contributed by atoms with van der Waals surface area (Å²) < 4.78 is 26.7. The maximum atomic E-state index is 13.3. The standard InChI is InChI=1S/C13H10F2N2O2S/c14-9-4-5-11(10(15)7-9)16-12(18)8-20-13-3-1-2-6-17(13)19/h1-7H,8H2,(H,16,18). The summed E-state index contributed by atoms with van der Waals surface area (Å²) in [5, 5.41) is 14.0. The first-order chi connectivity index (χ1) is 9.56. The molecule has 0 unspecified atom stereocenters. The molecule has 0 aliphatic heterocycles. The van der Waals surface area contributed by atoms with Gasteiger partial charge in [-0.3, -0.25) is 4.79 Å². The molecule has 2 aromatic rings. The zero-order valence-corrected chi connectivity index (χ0v) is 11.0. The number of carbonyl (C=O) groups is 1. The molecule has 0 atom stereocenters. The average molecular weight is 296 g/mol. The van der Waals surface area contributed by atoms with E-state index in [1.807, 2.05) is 0 Å². The number of anilines is 1. The summed E-state index contributed by atoms with van der Waals surface area (Å²) in [6.07, 6.45) is 1.32. The van der Waals surface area contributed by atoms with Gasteiger partial charge >= 0.3 is 0 Å². The van der Waals surface area contributed by atoms with E-state index in [4.69, 9.17) is 0 Å². The number of nitrogens with one attached hydrogen (secondary N) is 1. The zero-order valence-electron chi connectivity index (χ0n) is 10.2. The third-order valence-corrected chi connectivity index (χ3v) is 3.36. The van der Waals surface area contributed by atoms with Crippen LogP contribution in [0.3, 0.4) is 0 Å². The first-order valence-corrected chi connectivity index (χ1v) is 6.61. The number of benzene rings is 1. The average Bonchev–Trinajstić information content (AvgIpc) is 2.41. The Kier molecular flexibility index (Phi) is 4.52. The SMILES string of the molecule is O=C(CSc1cccc[n+]1[O-])Nc1ccc(F)cc1F. The lowest BCUT2D eigenvalue weighted by molar-refractivity contribution is -0.645. The minimum Gasteiger partial charge on any atom is -0.618 e. The van der Waals surface area contributed by atoms with Crippen LogP contribution in [-0.4, -0.2) is 11.7 Å². The second kappa shape index (κ2) is 6.33. The Morgan fingerprint density at radius 2 is 2.10 bits per heavy atom. The first-order valence-electron chi connectivity index (χ1n) is 5.62. The van der Waals surface area contributed by atoms with Crippen molar-refractivity contribution in [2.75, 3.05) is 11.1 Å². The predicted octanol–water partition coefficient (Wildman–Crippen LogP) is 2.33. The zero-order chi connectivity index (χ0) is 14.5. The van der Waals surface area contributed by atoms with Gasteiger partial charge in [0.05, 0.1) is 11.4 Å². The van der Waals surface area contributed by atoms with Crippen LogP contribution in [0.2, 0.25) is 0 Å². The highest BCUT2D eigenvalue weighted by molar-refractivity contribution is 7.99. The van der Waals surface area contributed by atoms with E-state index in [9.17, 15) is 18.8 Å². The highest BCUT2D eigenvalue weighted by atomic mass is 32.2. The van der Waals surface area contributed by atoms with Crippen LogP contribution in [-0.2, 0) is 4.79 Å². The van der Waals surface area contributed by atoms with Gasteiger partial charge in [-0.1, -0.05) is 0 Å². The van der Waals surface area contributed by atoms with Crippen LogP contribution in [0.1, 0.15) is 0 Å². The molecule has 0 aliphatic rings. The molecule has 7 heteroatoms. The third kappa shape index (κ3) is 3.67. The van der Waals surface area contributed by atoms with E-state index in [1.54, 1.807) is 18.2 Å². The monoisotopic (exact) mass is 296 g/mol. The van der Waals surface area contributed by atoms with Crippen LogP contribution < -0.4 is 10.0 Å². The normalized spacial score (nSPS) is 10.3. The number of halogens is 2. The molecule has 0 fully saturated rings. The number of hydrogen-bond acceptors (Lipinski definition) is 3. The minimum absolute atomic E-state index is 0.0525. The molecule has 0 aliphatic carbocycles. The van der Waals surface area contributed by atoms with Gasteiger partial charge in [-0.05, 0) is 30.0 Å². The molecule has 0 spiro atoms. The van der Waals surface area contributed by atoms with Crippen LogP contribution in [0, 0.1) is 16.8 Å². The van der Waals surface area contributed by atoms with Gasteiger partial charge in [0.2, 0.25) is 5.91 Å². The highest BCUT2D eigenvalue weighted by Crippen LogP contribution is 2.17. The minimum atomic E-state index is -0.845. The van der Waals surface area contributed by atoms with Crippen LogP contribution in [0.5, 0.6) is 0 Å². The van der Waals surface area contributed by atoms with Gasteiger partial charge in [-0.15, -0.1) is 0 Å². The number of amides is 1. The van der Waals surface area contributed by atoms with E-state index in [2.05, 4.69) is 5.32 Å². The van der Waals surface area contributed by atoms with Crippen LogP contribution in [0.15, 0.2) is 47.6 Å². The van der Waals surface area contributed by atoms with Gasteiger partial charge in [0.1, 0.15) is 11.6 Å². The lowest BCUT2D eigenvalue weighted by atomic mass is 10.3. The topological polar surface area (TPSA) is 56.0 Å². The van der Waals surface area contributed by atoms with Crippen molar-refractivity contribution in [1.82, 2.24) is 0 Å². The van der Waals surface area contributed by atoms with Crippen LogP contribution in [0.4, 0.5) is 14.5 Å². The molecular formula is C13H10F2N2O2S. The predicted molar refractivity (Wildman–Crippen MR) is 71.1 cm³/mol. The third-order valence-electron chi connectivity index (χ3n) is 2.34. The molecule has 1 amide bonds. The van der Waals surface area contributed by atoms with Gasteiger partial charge in [0, 0.05) is 18.2 Å². The maximum Gasteiger partial charge on any atom is 0.251 e. The fourth-order valence-corrected chi connectivity index (χ4v) is 2.16. The van der Waals surface area contributed by atoms with Crippen molar-refractivity contribution in [1.29, 1.82) is 0 Å². The van der Waals surface area contributed by atoms with Gasteiger partial charge in [-0.25, -0.2) is 8.78 Å². The second-order valence-corrected chi connectivity index (χ2v) is 4.82. The molecular weight excluding hydrogens is 286 g/mol. The van der Waals surface area contributed by atoms with E-state index in [1.165, 1.54) is 6.20 Å². The number of rotatable bonds is 4. The van der Waals surface area contributed by atoms with Gasteiger partial charge in [-0.2, -0.15) is 4.73 Å². The number of aromatic nitrogens is 1. The molecule has 1 aromatic heterocycles. The summed E-state index contributed by atoms with van der Waals surface area (Å²) in [5.41, 5.74) is -0.0972. The summed E-state index contributed by atoms with van der Waals surface area (Å²) >= 11 is 1.03. The van der Waals surface area contributed by atoms with Crippen molar-refractivity contribution in [3.8, 4) is 0 Å². The lowest BCUT2D eigenvalue weighted by Gasteiger charge is -2.06. The molecule has 20 heavy (non-hydrogen) atoms. The molecule has 0 saturated carbocycles. The van der Waals surface area contributed by atoms with E-state index in [-0.39, 0.29) is 11.4 Å². The maximum absolute atomic E-state index is 13.3. The van der Waals surface area contributed by atoms with E-state index < -0.39 is 17.5 Å². The first kappa shape index (κ1) is 14.3. The van der Waals surface area contributed by atoms with E-state index in [0.717, 1.165) is 23.9 Å². The highest BCUT2D eigenvalue weighted by Gasteiger charge is 2.11. The Morgan fingerprint density at radius 1 is 1.30 bits per heavy atom. The fourth-order valence-electron chi connectivity index (χ4n) is 1.44. The summed E-state index contributed by atoms with van der Waals surface area (Å²) in [6, 6.07) is 7.70. The van der Waals surface area contributed by atoms with Gasteiger partial charge in [0.25, 0.3) is 5.03 Å². The van der Waals surface area contributed by atoms with Crippen molar-refractivity contribution in [2.24, 2.45) is 0 Å². The number of pyridine rings is 1. The molecule has 4 nitrogen and oxygen atoms in total. The fraction of sp³-hybridized carbons (Fsp3) is 0.0769. The number of nitrogens with zero attached hydrogens (tertiary/aromatic N) is 1. The molecule has 1 aromatic carbocycles. The molecule has 104 valence electrons. The molecule has 0 bridgehead atoms. The summed E-state index contributed by atoms with van der Waals surface area (Å²) in [6.45, 7) is 0. The Hall–Kier alpha value is -2.15. The number of thioether (sulfide) groups is 1. The van der Waals surface area contributed by atoms with Gasteiger partial charge in [0.15, 0.2) is 6.20 Å². The smallest absolute Gasteiger partial charge is 0.251 e. The summed E-state index contributed by atoms with van der Waals surface area (Å²) in [4.78, 5) is 11.6. The van der Waals surface area contributed by atoms with Gasteiger partial charge < -0.3 is 10.5 Å². The van der Waals surface area contributed by atoms with E-state index >= 15 is 0 Å². The van der Waals surface area contributed by atoms with Crippen molar-refractivity contribution >= 4 is 23.4 Å². The van der Waals surface area contributed by atoms with E-state index in [0.29, 0.717) is 15.8 Å². The number of hydrogen-bond donors (Lipinski definition) is 1. The molecule has 0 radical (unpaired) electrons. The molecule has 0 saturated heterocycles. The largest absolute Gasteiger partial charge is 0.618 e. The van der Waals surface area contributed by atoms with Crippen LogP contribution in [0.25, 0.3) is 0 Å². The van der Waals surface area contributed by atoms with Crippen LogP contribution >= 0.6 is 11.8 Å². The molecule has 2 rings (SSSR count). The second-order valence-electron chi connectivity index (χ2n) is 3.83. The Bertz CT molecular complexity index is 638.